The van der Waals surface area contributed by atoms with Gasteiger partial charge < -0.3 is 11.1 Å². The largest absolute Gasteiger partial charge is 0.397 e. The zero-order valence-electron chi connectivity index (χ0n) is 10.7. The number of carbonyl (C=O) groups excluding carboxylic acids is 1. The zero-order chi connectivity index (χ0) is 13.3. The fourth-order valence-electron chi connectivity index (χ4n) is 2.45. The molecule has 1 aromatic rings. The molecule has 2 rings (SSSR count). The summed E-state index contributed by atoms with van der Waals surface area (Å²) >= 11 is 5.91. The SMILES string of the molecule is CC1(C)CCC(NC(=O)c2cc(N)cnc2Cl)C1. The van der Waals surface area contributed by atoms with Gasteiger partial charge in [0.15, 0.2) is 0 Å². The quantitative estimate of drug-likeness (QED) is 0.810. The number of nitrogens with one attached hydrogen (secondary N) is 1. The minimum atomic E-state index is -0.192. The molecule has 5 heteroatoms. The van der Waals surface area contributed by atoms with Crippen LogP contribution in [0.2, 0.25) is 5.15 Å². The summed E-state index contributed by atoms with van der Waals surface area (Å²) in [7, 11) is 0. The molecule has 18 heavy (non-hydrogen) atoms. The lowest BCUT2D eigenvalue weighted by Crippen LogP contribution is -2.33. The molecule has 1 aromatic heterocycles. The molecular weight excluding hydrogens is 250 g/mol. The van der Waals surface area contributed by atoms with Crippen molar-refractivity contribution in [1.29, 1.82) is 0 Å². The van der Waals surface area contributed by atoms with Crippen molar-refractivity contribution in [1.82, 2.24) is 10.3 Å². The van der Waals surface area contributed by atoms with Crippen molar-refractivity contribution in [2.45, 2.75) is 39.2 Å². The Kier molecular flexibility index (Phi) is 3.48. The van der Waals surface area contributed by atoms with Crippen molar-refractivity contribution in [2.24, 2.45) is 5.41 Å². The Morgan fingerprint density at radius 1 is 1.61 bits per heavy atom. The summed E-state index contributed by atoms with van der Waals surface area (Å²) < 4.78 is 0. The third-order valence-corrected chi connectivity index (χ3v) is 3.71. The minimum Gasteiger partial charge on any atom is -0.397 e. The molecule has 1 amide bonds. The molecule has 0 aliphatic heterocycles. The smallest absolute Gasteiger partial charge is 0.254 e. The molecule has 1 saturated carbocycles. The first kappa shape index (κ1) is 13.1. The van der Waals surface area contributed by atoms with Crippen molar-refractivity contribution in [2.75, 3.05) is 5.73 Å². The van der Waals surface area contributed by atoms with Crippen LogP contribution in [0.5, 0.6) is 0 Å². The van der Waals surface area contributed by atoms with Crippen LogP contribution in [0.1, 0.15) is 43.5 Å². The van der Waals surface area contributed by atoms with Gasteiger partial charge in [-0.3, -0.25) is 4.79 Å². The first-order chi connectivity index (χ1) is 8.37. The van der Waals surface area contributed by atoms with Gasteiger partial charge in [0, 0.05) is 6.04 Å². The summed E-state index contributed by atoms with van der Waals surface area (Å²) in [5, 5.41) is 3.19. The number of aromatic nitrogens is 1. The highest BCUT2D eigenvalue weighted by Crippen LogP contribution is 2.37. The molecule has 1 atom stereocenters. The van der Waals surface area contributed by atoms with Crippen molar-refractivity contribution in [3.8, 4) is 0 Å². The number of pyridine rings is 1. The Balaban J connectivity index is 2.06. The van der Waals surface area contributed by atoms with Crippen LogP contribution in [-0.2, 0) is 0 Å². The number of nitrogen functional groups attached to an aromatic ring is 1. The number of nitrogens with zero attached hydrogens (tertiary/aromatic N) is 1. The number of halogens is 1. The molecule has 3 N–H and O–H groups in total. The molecule has 1 heterocycles. The molecular formula is C13H18ClN3O. The van der Waals surface area contributed by atoms with Gasteiger partial charge in [-0.2, -0.15) is 0 Å². The van der Waals surface area contributed by atoms with Gasteiger partial charge in [-0.15, -0.1) is 0 Å². The van der Waals surface area contributed by atoms with E-state index in [1.807, 2.05) is 0 Å². The molecule has 4 nitrogen and oxygen atoms in total. The van der Waals surface area contributed by atoms with Crippen molar-refractivity contribution >= 4 is 23.2 Å². The normalized spacial score (nSPS) is 21.8. The van der Waals surface area contributed by atoms with Crippen LogP contribution in [0.25, 0.3) is 0 Å². The highest BCUT2D eigenvalue weighted by molar-refractivity contribution is 6.32. The van der Waals surface area contributed by atoms with Crippen molar-refractivity contribution in [3.63, 3.8) is 0 Å². The lowest BCUT2D eigenvalue weighted by atomic mass is 9.92. The maximum Gasteiger partial charge on any atom is 0.254 e. The van der Waals surface area contributed by atoms with Gasteiger partial charge in [-0.05, 0) is 30.7 Å². The molecule has 0 aromatic carbocycles. The topological polar surface area (TPSA) is 68.0 Å². The first-order valence-corrected chi connectivity index (χ1v) is 6.47. The summed E-state index contributed by atoms with van der Waals surface area (Å²) in [4.78, 5) is 16.0. The van der Waals surface area contributed by atoms with Gasteiger partial charge in [-0.25, -0.2) is 4.98 Å². The van der Waals surface area contributed by atoms with E-state index in [1.165, 1.54) is 6.20 Å². The number of anilines is 1. The van der Waals surface area contributed by atoms with E-state index in [-0.39, 0.29) is 17.1 Å². The van der Waals surface area contributed by atoms with Gasteiger partial charge in [0.25, 0.3) is 5.91 Å². The van der Waals surface area contributed by atoms with E-state index in [9.17, 15) is 4.79 Å². The van der Waals surface area contributed by atoms with Gasteiger partial charge in [0.05, 0.1) is 17.4 Å². The molecule has 1 fully saturated rings. The van der Waals surface area contributed by atoms with E-state index < -0.39 is 0 Å². The number of hydrogen-bond acceptors (Lipinski definition) is 3. The summed E-state index contributed by atoms with van der Waals surface area (Å²) in [6, 6.07) is 1.77. The van der Waals surface area contributed by atoms with Crippen LogP contribution in [0, 0.1) is 5.41 Å². The monoisotopic (exact) mass is 267 g/mol. The number of amides is 1. The molecule has 0 spiro atoms. The third-order valence-electron chi connectivity index (χ3n) is 3.41. The molecule has 0 radical (unpaired) electrons. The van der Waals surface area contributed by atoms with E-state index in [2.05, 4.69) is 24.1 Å². The fraction of sp³-hybridized carbons (Fsp3) is 0.538. The standard InChI is InChI=1S/C13H18ClN3O/c1-13(2)4-3-9(6-13)17-12(18)10-5-8(15)7-16-11(10)14/h5,7,9H,3-4,6,15H2,1-2H3,(H,17,18). The van der Waals surface area contributed by atoms with Crippen LogP contribution in [-0.4, -0.2) is 16.9 Å². The Bertz CT molecular complexity index is 473. The van der Waals surface area contributed by atoms with Crippen molar-refractivity contribution < 1.29 is 4.79 Å². The van der Waals surface area contributed by atoms with Gasteiger partial charge in [0.2, 0.25) is 0 Å². The Labute approximate surface area is 112 Å². The Morgan fingerprint density at radius 3 is 2.94 bits per heavy atom. The van der Waals surface area contributed by atoms with E-state index in [0.717, 1.165) is 19.3 Å². The third kappa shape index (κ3) is 2.93. The van der Waals surface area contributed by atoms with Crippen LogP contribution in [0.15, 0.2) is 12.3 Å². The second-order valence-corrected chi connectivity index (χ2v) is 6.04. The highest BCUT2D eigenvalue weighted by atomic mass is 35.5. The van der Waals surface area contributed by atoms with Gasteiger partial charge in [0.1, 0.15) is 5.15 Å². The van der Waals surface area contributed by atoms with E-state index >= 15 is 0 Å². The number of carbonyl (C=O) groups is 1. The lowest BCUT2D eigenvalue weighted by molar-refractivity contribution is 0.0936. The Morgan fingerprint density at radius 2 is 2.33 bits per heavy atom. The summed E-state index contributed by atoms with van der Waals surface area (Å²) in [5.41, 5.74) is 6.71. The number of hydrogen-bond donors (Lipinski definition) is 2. The fourth-order valence-corrected chi connectivity index (χ4v) is 2.64. The molecule has 98 valence electrons. The molecule has 1 aliphatic carbocycles. The maximum atomic E-state index is 12.1. The molecule has 1 aliphatic rings. The average molecular weight is 268 g/mol. The van der Waals surface area contributed by atoms with Crippen molar-refractivity contribution in [3.05, 3.63) is 23.0 Å². The number of nitrogens with two attached hydrogens (primary N) is 1. The average Bonchev–Trinajstić information content (AvgIpc) is 2.61. The van der Waals surface area contributed by atoms with E-state index in [4.69, 9.17) is 17.3 Å². The molecule has 0 saturated heterocycles. The second kappa shape index (κ2) is 4.76. The van der Waals surface area contributed by atoms with Crippen LogP contribution in [0.4, 0.5) is 5.69 Å². The first-order valence-electron chi connectivity index (χ1n) is 6.09. The molecule has 1 unspecified atom stereocenters. The van der Waals surface area contributed by atoms with Crippen LogP contribution < -0.4 is 11.1 Å². The maximum absolute atomic E-state index is 12.1. The Hall–Kier alpha value is -1.29. The predicted molar refractivity (Wildman–Crippen MR) is 72.5 cm³/mol. The van der Waals surface area contributed by atoms with E-state index in [0.29, 0.717) is 16.7 Å². The predicted octanol–water partition coefficient (Wildman–Crippen LogP) is 2.63. The summed E-state index contributed by atoms with van der Waals surface area (Å²) in [6.45, 7) is 4.43. The minimum absolute atomic E-state index is 0.192. The zero-order valence-corrected chi connectivity index (χ0v) is 11.4. The second-order valence-electron chi connectivity index (χ2n) is 5.68. The van der Waals surface area contributed by atoms with Gasteiger partial charge in [-0.1, -0.05) is 25.4 Å². The molecule has 0 bridgehead atoms. The summed E-state index contributed by atoms with van der Waals surface area (Å²) in [6.07, 6.45) is 4.57. The van der Waals surface area contributed by atoms with E-state index in [1.54, 1.807) is 6.07 Å². The highest BCUT2D eigenvalue weighted by Gasteiger charge is 2.32. The van der Waals surface area contributed by atoms with Crippen LogP contribution >= 0.6 is 11.6 Å². The lowest BCUT2D eigenvalue weighted by Gasteiger charge is -2.18. The summed E-state index contributed by atoms with van der Waals surface area (Å²) in [5.74, 6) is -0.192. The number of rotatable bonds is 2. The van der Waals surface area contributed by atoms with Gasteiger partial charge >= 0.3 is 0 Å². The van der Waals surface area contributed by atoms with Crippen LogP contribution in [0.3, 0.4) is 0 Å².